The average molecular weight is 404 g/mol. The molecule has 9 nitrogen and oxygen atoms in total. The molecule has 0 aliphatic carbocycles. The Balaban J connectivity index is 1.90. The Morgan fingerprint density at radius 3 is 2.86 bits per heavy atom. The summed E-state index contributed by atoms with van der Waals surface area (Å²) in [6, 6.07) is 3.18. The number of halogens is 1. The molecule has 0 N–H and O–H groups in total. The summed E-state index contributed by atoms with van der Waals surface area (Å²) < 4.78 is 12.9. The Kier molecular flexibility index (Phi) is 4.86. The number of methoxy groups -OCH3 is 1. The first-order valence-electron chi connectivity index (χ1n) is 8.84. The standard InChI is InChI=1S/C18H18ClN5O4/c1-10-7-11(8-12(24(25)26)16(10)27-2)14-15-17(22-18(19)21-14)23(9-20-15)13-5-3-4-6-28-13/h7-9,13H,3-6H2,1-2H3. The first-order chi connectivity index (χ1) is 13.5. The fourth-order valence-corrected chi connectivity index (χ4v) is 3.70. The number of nitrogens with zero attached hydrogens (tertiary/aromatic N) is 5. The van der Waals surface area contributed by atoms with E-state index in [1.165, 1.54) is 13.2 Å². The van der Waals surface area contributed by atoms with E-state index < -0.39 is 4.92 Å². The number of hydrogen-bond donors (Lipinski definition) is 0. The molecule has 0 saturated carbocycles. The minimum Gasteiger partial charge on any atom is -0.490 e. The summed E-state index contributed by atoms with van der Waals surface area (Å²) in [6.07, 6.45) is 4.43. The number of rotatable bonds is 4. The van der Waals surface area contributed by atoms with Gasteiger partial charge in [-0.25, -0.2) is 9.97 Å². The van der Waals surface area contributed by atoms with E-state index in [-0.39, 0.29) is 22.9 Å². The summed E-state index contributed by atoms with van der Waals surface area (Å²) in [5.41, 5.74) is 2.48. The lowest BCUT2D eigenvalue weighted by Crippen LogP contribution is -2.17. The lowest BCUT2D eigenvalue weighted by Gasteiger charge is -2.23. The van der Waals surface area contributed by atoms with Crippen LogP contribution >= 0.6 is 11.6 Å². The van der Waals surface area contributed by atoms with Gasteiger partial charge in [0.1, 0.15) is 17.4 Å². The van der Waals surface area contributed by atoms with Crippen molar-refractivity contribution in [2.75, 3.05) is 13.7 Å². The van der Waals surface area contributed by atoms with E-state index in [0.29, 0.717) is 34.6 Å². The number of fused-ring (bicyclic) bond motifs is 1. The van der Waals surface area contributed by atoms with Crippen LogP contribution in [0.15, 0.2) is 18.5 Å². The largest absolute Gasteiger partial charge is 0.490 e. The van der Waals surface area contributed by atoms with Gasteiger partial charge in [-0.1, -0.05) is 0 Å². The monoisotopic (exact) mass is 403 g/mol. The minimum atomic E-state index is -0.482. The third kappa shape index (κ3) is 3.16. The number of hydrogen-bond acceptors (Lipinski definition) is 7. The topological polar surface area (TPSA) is 105 Å². The second kappa shape index (κ2) is 7.33. The van der Waals surface area contributed by atoms with Gasteiger partial charge in [0.05, 0.1) is 18.4 Å². The van der Waals surface area contributed by atoms with E-state index in [1.54, 1.807) is 19.3 Å². The van der Waals surface area contributed by atoms with Gasteiger partial charge in [0.25, 0.3) is 0 Å². The zero-order chi connectivity index (χ0) is 19.8. The number of nitro benzene ring substituents is 1. The molecule has 146 valence electrons. The fourth-order valence-electron chi connectivity index (χ4n) is 3.54. The molecule has 1 fully saturated rings. The molecule has 28 heavy (non-hydrogen) atoms. The molecule has 1 atom stereocenters. The minimum absolute atomic E-state index is 0.0381. The van der Waals surface area contributed by atoms with Crippen LogP contribution in [0.1, 0.15) is 31.1 Å². The second-order valence-corrected chi connectivity index (χ2v) is 6.93. The van der Waals surface area contributed by atoms with E-state index >= 15 is 0 Å². The highest BCUT2D eigenvalue weighted by Gasteiger charge is 2.24. The number of aromatic nitrogens is 4. The predicted octanol–water partition coefficient (Wildman–Crippen LogP) is 4.07. The first kappa shape index (κ1) is 18.6. The fraction of sp³-hybridized carbons (Fsp3) is 0.389. The van der Waals surface area contributed by atoms with E-state index in [4.69, 9.17) is 21.1 Å². The Morgan fingerprint density at radius 2 is 2.18 bits per heavy atom. The first-order valence-corrected chi connectivity index (χ1v) is 9.22. The molecule has 0 spiro atoms. The molecule has 10 heteroatoms. The smallest absolute Gasteiger partial charge is 0.311 e. The van der Waals surface area contributed by atoms with Crippen LogP contribution in [0.5, 0.6) is 5.75 Å². The molecule has 1 aliphatic rings. The van der Waals surface area contributed by atoms with Gasteiger partial charge >= 0.3 is 5.69 Å². The van der Waals surface area contributed by atoms with Crippen LogP contribution in [0, 0.1) is 17.0 Å². The number of ether oxygens (including phenoxy) is 2. The summed E-state index contributed by atoms with van der Waals surface area (Å²) in [5.74, 6) is 0.214. The molecule has 0 radical (unpaired) electrons. The van der Waals surface area contributed by atoms with Gasteiger partial charge in [0.15, 0.2) is 11.4 Å². The third-order valence-corrected chi connectivity index (χ3v) is 4.96. The molecule has 1 aromatic carbocycles. The quantitative estimate of drug-likeness (QED) is 0.367. The van der Waals surface area contributed by atoms with Crippen molar-refractivity contribution < 1.29 is 14.4 Å². The molecule has 2 aromatic heterocycles. The maximum Gasteiger partial charge on any atom is 0.311 e. The van der Waals surface area contributed by atoms with Crippen LogP contribution < -0.4 is 4.74 Å². The number of nitro groups is 1. The van der Waals surface area contributed by atoms with Crippen LogP contribution in [0.4, 0.5) is 5.69 Å². The van der Waals surface area contributed by atoms with Crippen molar-refractivity contribution in [3.05, 3.63) is 39.4 Å². The molecule has 1 saturated heterocycles. The zero-order valence-corrected chi connectivity index (χ0v) is 16.1. The molecule has 3 heterocycles. The average Bonchev–Trinajstić information content (AvgIpc) is 3.11. The Bertz CT molecular complexity index is 1060. The summed E-state index contributed by atoms with van der Waals surface area (Å²) >= 11 is 6.18. The van der Waals surface area contributed by atoms with Crippen LogP contribution in [0.25, 0.3) is 22.4 Å². The van der Waals surface area contributed by atoms with Crippen LogP contribution in [0.3, 0.4) is 0 Å². The van der Waals surface area contributed by atoms with Gasteiger partial charge in [-0.15, -0.1) is 0 Å². The van der Waals surface area contributed by atoms with Crippen molar-refractivity contribution in [3.8, 4) is 17.0 Å². The van der Waals surface area contributed by atoms with Gasteiger partial charge in [0, 0.05) is 18.2 Å². The van der Waals surface area contributed by atoms with Crippen molar-refractivity contribution in [2.45, 2.75) is 32.4 Å². The van der Waals surface area contributed by atoms with Gasteiger partial charge in [-0.2, -0.15) is 4.98 Å². The molecular weight excluding hydrogens is 386 g/mol. The Hall–Kier alpha value is -2.78. The van der Waals surface area contributed by atoms with Crippen LogP contribution in [-0.4, -0.2) is 38.2 Å². The van der Waals surface area contributed by atoms with Gasteiger partial charge < -0.3 is 9.47 Å². The van der Waals surface area contributed by atoms with Crippen molar-refractivity contribution in [1.29, 1.82) is 0 Å². The third-order valence-electron chi connectivity index (χ3n) is 4.79. The number of imidazole rings is 1. The summed E-state index contributed by atoms with van der Waals surface area (Å²) in [7, 11) is 1.40. The summed E-state index contributed by atoms with van der Waals surface area (Å²) in [5, 5.41) is 11.5. The van der Waals surface area contributed by atoms with Crippen molar-refractivity contribution in [1.82, 2.24) is 19.5 Å². The Labute approximate surface area is 165 Å². The van der Waals surface area contributed by atoms with Crippen LogP contribution in [-0.2, 0) is 4.74 Å². The van der Waals surface area contributed by atoms with Gasteiger partial charge in [-0.05, 0) is 49.4 Å². The zero-order valence-electron chi connectivity index (χ0n) is 15.4. The molecule has 1 unspecified atom stereocenters. The predicted molar refractivity (Wildman–Crippen MR) is 103 cm³/mol. The molecular formula is C18H18ClN5O4. The second-order valence-electron chi connectivity index (χ2n) is 6.59. The highest BCUT2D eigenvalue weighted by atomic mass is 35.5. The Morgan fingerprint density at radius 1 is 1.36 bits per heavy atom. The van der Waals surface area contributed by atoms with Crippen molar-refractivity contribution in [2.24, 2.45) is 0 Å². The maximum atomic E-state index is 11.5. The van der Waals surface area contributed by atoms with E-state index in [1.807, 2.05) is 4.57 Å². The summed E-state index contributed by atoms with van der Waals surface area (Å²) in [6.45, 7) is 2.42. The highest BCUT2D eigenvalue weighted by Crippen LogP contribution is 2.37. The molecule has 3 aromatic rings. The number of aryl methyl sites for hydroxylation is 1. The van der Waals surface area contributed by atoms with E-state index in [2.05, 4.69) is 15.0 Å². The van der Waals surface area contributed by atoms with Crippen LogP contribution in [0.2, 0.25) is 5.28 Å². The maximum absolute atomic E-state index is 11.5. The van der Waals surface area contributed by atoms with Crippen molar-refractivity contribution in [3.63, 3.8) is 0 Å². The van der Waals surface area contributed by atoms with Gasteiger partial charge in [0.2, 0.25) is 5.28 Å². The molecule has 4 rings (SSSR count). The highest BCUT2D eigenvalue weighted by molar-refractivity contribution is 6.28. The lowest BCUT2D eigenvalue weighted by atomic mass is 10.1. The molecule has 0 bridgehead atoms. The SMILES string of the molecule is COc1c(C)cc(-c2nc(Cl)nc3c2ncn3C2CCCCO2)cc1[N+](=O)[O-]. The molecule has 1 aliphatic heterocycles. The normalized spacial score (nSPS) is 17.0. The van der Waals surface area contributed by atoms with Gasteiger partial charge in [-0.3, -0.25) is 14.7 Å². The van der Waals surface area contributed by atoms with Crippen molar-refractivity contribution >= 4 is 28.5 Å². The van der Waals surface area contributed by atoms with E-state index in [9.17, 15) is 10.1 Å². The van der Waals surface area contributed by atoms with E-state index in [0.717, 1.165) is 19.3 Å². The summed E-state index contributed by atoms with van der Waals surface area (Å²) in [4.78, 5) is 24.1. The number of benzene rings is 1. The molecule has 0 amide bonds. The lowest BCUT2D eigenvalue weighted by molar-refractivity contribution is -0.385.